The third kappa shape index (κ3) is 3.84. The summed E-state index contributed by atoms with van der Waals surface area (Å²) in [6, 6.07) is 0.0324. The van der Waals surface area contributed by atoms with E-state index in [1.807, 2.05) is 19.1 Å². The SMILES string of the molecule is C/C=C/C(N)CCO. The molecule has 0 saturated carbocycles. The summed E-state index contributed by atoms with van der Waals surface area (Å²) in [6.45, 7) is 2.09. The fraction of sp³-hybridized carbons (Fsp3) is 0.667. The molecule has 0 aliphatic heterocycles. The first-order valence-corrected chi connectivity index (χ1v) is 2.80. The van der Waals surface area contributed by atoms with Crippen LogP contribution in [0.2, 0.25) is 0 Å². The summed E-state index contributed by atoms with van der Waals surface area (Å²) in [4.78, 5) is 0. The van der Waals surface area contributed by atoms with Crippen molar-refractivity contribution in [2.45, 2.75) is 19.4 Å². The summed E-state index contributed by atoms with van der Waals surface area (Å²) in [5, 5.41) is 8.35. The van der Waals surface area contributed by atoms with Crippen molar-refractivity contribution in [2.75, 3.05) is 6.61 Å². The molecule has 0 aromatic carbocycles. The van der Waals surface area contributed by atoms with E-state index in [2.05, 4.69) is 0 Å². The number of nitrogens with two attached hydrogens (primary N) is 1. The number of allylic oxidation sites excluding steroid dienone is 1. The molecule has 0 aliphatic rings. The predicted octanol–water partition coefficient (Wildman–Crippen LogP) is 0.272. The van der Waals surface area contributed by atoms with Crippen molar-refractivity contribution < 1.29 is 5.11 Å². The molecule has 0 aromatic heterocycles. The fourth-order valence-electron chi connectivity index (χ4n) is 0.492. The minimum absolute atomic E-state index is 0.0324. The van der Waals surface area contributed by atoms with Gasteiger partial charge in [-0.2, -0.15) is 0 Å². The molecule has 0 saturated heterocycles. The third-order valence-electron chi connectivity index (χ3n) is 0.902. The lowest BCUT2D eigenvalue weighted by Crippen LogP contribution is -2.17. The Kier molecular flexibility index (Phi) is 4.61. The van der Waals surface area contributed by atoms with Gasteiger partial charge in [0.1, 0.15) is 0 Å². The number of aliphatic hydroxyl groups excluding tert-OH is 1. The van der Waals surface area contributed by atoms with Crippen LogP contribution >= 0.6 is 0 Å². The number of aliphatic hydroxyl groups is 1. The quantitative estimate of drug-likeness (QED) is 0.519. The molecule has 0 radical (unpaired) electrons. The average molecular weight is 115 g/mol. The molecule has 0 rings (SSSR count). The third-order valence-corrected chi connectivity index (χ3v) is 0.902. The maximum Gasteiger partial charge on any atom is 0.0448 e. The van der Waals surface area contributed by atoms with Crippen molar-refractivity contribution in [1.29, 1.82) is 0 Å². The van der Waals surface area contributed by atoms with Crippen LogP contribution in [-0.2, 0) is 0 Å². The number of rotatable bonds is 3. The smallest absolute Gasteiger partial charge is 0.0448 e. The van der Waals surface area contributed by atoms with Crippen molar-refractivity contribution in [3.05, 3.63) is 12.2 Å². The molecule has 1 atom stereocenters. The van der Waals surface area contributed by atoms with Gasteiger partial charge in [0.05, 0.1) is 0 Å². The Labute approximate surface area is 50.0 Å². The zero-order valence-electron chi connectivity index (χ0n) is 5.17. The lowest BCUT2D eigenvalue weighted by Gasteiger charge is -1.99. The molecular formula is C6H13NO. The second-order valence-electron chi connectivity index (χ2n) is 1.70. The maximum absolute atomic E-state index is 8.35. The Morgan fingerprint density at radius 2 is 2.38 bits per heavy atom. The topological polar surface area (TPSA) is 46.2 Å². The van der Waals surface area contributed by atoms with E-state index in [1.54, 1.807) is 0 Å². The van der Waals surface area contributed by atoms with E-state index < -0.39 is 0 Å². The molecular weight excluding hydrogens is 102 g/mol. The molecule has 0 aliphatic carbocycles. The van der Waals surface area contributed by atoms with Crippen molar-refractivity contribution in [3.8, 4) is 0 Å². The molecule has 0 aromatic rings. The Morgan fingerprint density at radius 3 is 2.75 bits per heavy atom. The Bertz CT molecular complexity index is 70.9. The summed E-state index contributed by atoms with van der Waals surface area (Å²) in [5.74, 6) is 0. The van der Waals surface area contributed by atoms with E-state index in [0.717, 1.165) is 0 Å². The highest BCUT2D eigenvalue weighted by Crippen LogP contribution is 1.86. The minimum atomic E-state index is 0.0324. The summed E-state index contributed by atoms with van der Waals surface area (Å²) < 4.78 is 0. The van der Waals surface area contributed by atoms with Crippen LogP contribution in [0.5, 0.6) is 0 Å². The van der Waals surface area contributed by atoms with Crippen molar-refractivity contribution in [2.24, 2.45) is 5.73 Å². The van der Waals surface area contributed by atoms with Gasteiger partial charge in [0, 0.05) is 12.6 Å². The Morgan fingerprint density at radius 1 is 1.75 bits per heavy atom. The van der Waals surface area contributed by atoms with E-state index in [-0.39, 0.29) is 12.6 Å². The minimum Gasteiger partial charge on any atom is -0.396 e. The monoisotopic (exact) mass is 115 g/mol. The molecule has 8 heavy (non-hydrogen) atoms. The number of hydrogen-bond donors (Lipinski definition) is 2. The van der Waals surface area contributed by atoms with Crippen LogP contribution in [0.4, 0.5) is 0 Å². The highest BCUT2D eigenvalue weighted by molar-refractivity contribution is 4.87. The van der Waals surface area contributed by atoms with Crippen LogP contribution in [0.3, 0.4) is 0 Å². The van der Waals surface area contributed by atoms with Gasteiger partial charge in [-0.05, 0) is 13.3 Å². The standard InChI is InChI=1S/C6H13NO/c1-2-3-6(7)4-5-8/h2-3,6,8H,4-5,7H2,1H3/b3-2+. The molecule has 0 bridgehead atoms. The molecule has 1 unspecified atom stereocenters. The summed E-state index contributed by atoms with van der Waals surface area (Å²) in [7, 11) is 0. The Hall–Kier alpha value is -0.340. The predicted molar refractivity (Wildman–Crippen MR) is 34.5 cm³/mol. The zero-order chi connectivity index (χ0) is 6.41. The van der Waals surface area contributed by atoms with Crippen LogP contribution in [0.25, 0.3) is 0 Å². The molecule has 2 heteroatoms. The van der Waals surface area contributed by atoms with Gasteiger partial charge in [-0.3, -0.25) is 0 Å². The highest BCUT2D eigenvalue weighted by atomic mass is 16.3. The summed E-state index contributed by atoms with van der Waals surface area (Å²) in [5.41, 5.74) is 5.45. The first-order valence-electron chi connectivity index (χ1n) is 2.80. The van der Waals surface area contributed by atoms with Crippen LogP contribution < -0.4 is 5.73 Å². The van der Waals surface area contributed by atoms with Crippen LogP contribution in [0.1, 0.15) is 13.3 Å². The van der Waals surface area contributed by atoms with Gasteiger partial charge in [-0.25, -0.2) is 0 Å². The molecule has 0 heterocycles. The first kappa shape index (κ1) is 7.66. The summed E-state index contributed by atoms with van der Waals surface area (Å²) >= 11 is 0. The molecule has 0 amide bonds. The fourth-order valence-corrected chi connectivity index (χ4v) is 0.492. The Balaban J connectivity index is 3.17. The van der Waals surface area contributed by atoms with Gasteiger partial charge in [-0.15, -0.1) is 0 Å². The average Bonchev–Trinajstić information content (AvgIpc) is 1.68. The second-order valence-corrected chi connectivity index (χ2v) is 1.70. The van der Waals surface area contributed by atoms with E-state index in [0.29, 0.717) is 6.42 Å². The molecule has 0 spiro atoms. The van der Waals surface area contributed by atoms with Crippen molar-refractivity contribution in [1.82, 2.24) is 0 Å². The molecule has 0 fully saturated rings. The number of hydrogen-bond acceptors (Lipinski definition) is 2. The molecule has 2 nitrogen and oxygen atoms in total. The normalized spacial score (nSPS) is 14.9. The van der Waals surface area contributed by atoms with Gasteiger partial charge in [0.25, 0.3) is 0 Å². The van der Waals surface area contributed by atoms with E-state index in [1.165, 1.54) is 0 Å². The first-order chi connectivity index (χ1) is 3.81. The van der Waals surface area contributed by atoms with Crippen molar-refractivity contribution >= 4 is 0 Å². The van der Waals surface area contributed by atoms with Gasteiger partial charge < -0.3 is 10.8 Å². The van der Waals surface area contributed by atoms with Crippen molar-refractivity contribution in [3.63, 3.8) is 0 Å². The maximum atomic E-state index is 8.35. The van der Waals surface area contributed by atoms with E-state index >= 15 is 0 Å². The lowest BCUT2D eigenvalue weighted by molar-refractivity contribution is 0.283. The van der Waals surface area contributed by atoms with E-state index in [9.17, 15) is 0 Å². The molecule has 48 valence electrons. The van der Waals surface area contributed by atoms with Gasteiger partial charge >= 0.3 is 0 Å². The second kappa shape index (κ2) is 4.81. The highest BCUT2D eigenvalue weighted by Gasteiger charge is 1.91. The lowest BCUT2D eigenvalue weighted by atomic mass is 10.2. The molecule has 3 N–H and O–H groups in total. The largest absolute Gasteiger partial charge is 0.396 e. The van der Waals surface area contributed by atoms with Gasteiger partial charge in [0.2, 0.25) is 0 Å². The zero-order valence-corrected chi connectivity index (χ0v) is 5.17. The van der Waals surface area contributed by atoms with Gasteiger partial charge in [-0.1, -0.05) is 12.2 Å². The summed E-state index contributed by atoms with van der Waals surface area (Å²) in [6.07, 6.45) is 4.42. The van der Waals surface area contributed by atoms with Crippen LogP contribution in [0, 0.1) is 0 Å². The van der Waals surface area contributed by atoms with Crippen LogP contribution in [0.15, 0.2) is 12.2 Å². The van der Waals surface area contributed by atoms with Crippen LogP contribution in [-0.4, -0.2) is 17.8 Å². The van der Waals surface area contributed by atoms with Gasteiger partial charge in [0.15, 0.2) is 0 Å². The van der Waals surface area contributed by atoms with E-state index in [4.69, 9.17) is 10.8 Å².